The van der Waals surface area contributed by atoms with Crippen LogP contribution in [0.3, 0.4) is 0 Å². The van der Waals surface area contributed by atoms with E-state index >= 15 is 0 Å². The predicted octanol–water partition coefficient (Wildman–Crippen LogP) is 3.81. The number of ether oxygens (including phenoxy) is 2. The van der Waals surface area contributed by atoms with Crippen LogP contribution in [0.25, 0.3) is 0 Å². The molecule has 5 nitrogen and oxygen atoms in total. The molecule has 1 aromatic heterocycles. The molecular formula is C18H28N2O3. The van der Waals surface area contributed by atoms with Crippen LogP contribution < -0.4 is 0 Å². The second kappa shape index (κ2) is 7.77. The topological polar surface area (TPSA) is 51.7 Å². The predicted molar refractivity (Wildman–Crippen MR) is 89.1 cm³/mol. The van der Waals surface area contributed by atoms with E-state index in [0.717, 1.165) is 25.1 Å². The molecule has 1 saturated heterocycles. The molecule has 2 rings (SSSR count). The monoisotopic (exact) mass is 320 g/mol. The number of rotatable bonds is 4. The Bertz CT molecular complexity index is 499. The number of amides is 1. The van der Waals surface area contributed by atoms with Crippen molar-refractivity contribution in [2.45, 2.75) is 52.2 Å². The van der Waals surface area contributed by atoms with Crippen molar-refractivity contribution < 1.29 is 14.3 Å². The average molecular weight is 320 g/mol. The maximum atomic E-state index is 12.2. The number of aromatic nitrogens is 1. The molecule has 0 radical (unpaired) electrons. The first-order valence-electron chi connectivity index (χ1n) is 8.35. The van der Waals surface area contributed by atoms with Crippen molar-refractivity contribution in [2.24, 2.45) is 5.92 Å². The fourth-order valence-electron chi connectivity index (χ4n) is 2.68. The van der Waals surface area contributed by atoms with E-state index in [-0.39, 0.29) is 12.2 Å². The van der Waals surface area contributed by atoms with Crippen molar-refractivity contribution in [1.29, 1.82) is 0 Å². The lowest BCUT2D eigenvalue weighted by Crippen LogP contribution is -2.43. The van der Waals surface area contributed by atoms with Crippen molar-refractivity contribution in [3.8, 4) is 0 Å². The van der Waals surface area contributed by atoms with Gasteiger partial charge in [-0.15, -0.1) is 0 Å². The van der Waals surface area contributed by atoms with Gasteiger partial charge in [0, 0.05) is 25.2 Å². The van der Waals surface area contributed by atoms with Gasteiger partial charge in [0.15, 0.2) is 0 Å². The molecule has 128 valence electrons. The van der Waals surface area contributed by atoms with E-state index in [0.29, 0.717) is 19.1 Å². The molecule has 1 amide bonds. The number of pyridine rings is 1. The summed E-state index contributed by atoms with van der Waals surface area (Å²) in [6, 6.07) is 5.83. The molecule has 2 heterocycles. The zero-order chi connectivity index (χ0) is 16.9. The van der Waals surface area contributed by atoms with Gasteiger partial charge in [-0.3, -0.25) is 4.98 Å². The summed E-state index contributed by atoms with van der Waals surface area (Å²) in [4.78, 5) is 18.3. The Morgan fingerprint density at radius 2 is 2.22 bits per heavy atom. The highest BCUT2D eigenvalue weighted by molar-refractivity contribution is 5.68. The molecule has 0 bridgehead atoms. The largest absolute Gasteiger partial charge is 0.444 e. The summed E-state index contributed by atoms with van der Waals surface area (Å²) >= 11 is 0. The van der Waals surface area contributed by atoms with Gasteiger partial charge in [0.1, 0.15) is 5.60 Å². The Morgan fingerprint density at radius 3 is 2.87 bits per heavy atom. The average Bonchev–Trinajstić information content (AvgIpc) is 2.52. The highest BCUT2D eigenvalue weighted by atomic mass is 16.6. The van der Waals surface area contributed by atoms with Gasteiger partial charge < -0.3 is 14.4 Å². The van der Waals surface area contributed by atoms with Crippen LogP contribution >= 0.6 is 0 Å². The Labute approximate surface area is 139 Å². The van der Waals surface area contributed by atoms with Crippen LogP contribution in [-0.2, 0) is 9.47 Å². The van der Waals surface area contributed by atoms with Crippen LogP contribution in [-0.4, -0.2) is 41.3 Å². The van der Waals surface area contributed by atoms with Crippen LogP contribution in [0.4, 0.5) is 4.79 Å². The van der Waals surface area contributed by atoms with Crippen LogP contribution in [0.1, 0.15) is 52.3 Å². The lowest BCUT2D eigenvalue weighted by atomic mass is 9.99. The molecule has 1 aromatic rings. The summed E-state index contributed by atoms with van der Waals surface area (Å²) < 4.78 is 11.4. The summed E-state index contributed by atoms with van der Waals surface area (Å²) in [5.74, 6) is 0.349. The summed E-state index contributed by atoms with van der Waals surface area (Å²) in [6.07, 6.45) is 3.59. The molecule has 0 aromatic carbocycles. The van der Waals surface area contributed by atoms with Crippen molar-refractivity contribution >= 4 is 6.09 Å². The minimum Gasteiger partial charge on any atom is -0.444 e. The van der Waals surface area contributed by atoms with E-state index < -0.39 is 5.60 Å². The van der Waals surface area contributed by atoms with Crippen LogP contribution in [0.15, 0.2) is 24.4 Å². The summed E-state index contributed by atoms with van der Waals surface area (Å²) in [5, 5.41) is 0. The van der Waals surface area contributed by atoms with Crippen molar-refractivity contribution in [1.82, 2.24) is 9.88 Å². The van der Waals surface area contributed by atoms with E-state index in [4.69, 9.17) is 9.47 Å². The third-order valence-electron chi connectivity index (χ3n) is 3.86. The van der Waals surface area contributed by atoms with Gasteiger partial charge in [-0.1, -0.05) is 6.07 Å². The Kier molecular flexibility index (Phi) is 5.99. The number of piperidine rings is 1. The second-order valence-corrected chi connectivity index (χ2v) is 7.16. The molecule has 0 saturated carbocycles. The number of likely N-dealkylation sites (tertiary alicyclic amines) is 1. The second-order valence-electron chi connectivity index (χ2n) is 7.16. The fourth-order valence-corrected chi connectivity index (χ4v) is 2.68. The lowest BCUT2D eigenvalue weighted by Gasteiger charge is -2.34. The summed E-state index contributed by atoms with van der Waals surface area (Å²) in [6.45, 7) is 9.79. The van der Waals surface area contributed by atoms with Gasteiger partial charge in [-0.25, -0.2) is 4.79 Å². The fraction of sp³-hybridized carbons (Fsp3) is 0.667. The maximum absolute atomic E-state index is 12.2. The number of hydrogen-bond donors (Lipinski definition) is 0. The molecule has 1 fully saturated rings. The number of nitrogens with zero attached hydrogens (tertiary/aromatic N) is 2. The Balaban J connectivity index is 1.81. The number of carbonyl (C=O) groups excluding carboxylic acids is 1. The van der Waals surface area contributed by atoms with E-state index in [2.05, 4.69) is 4.98 Å². The first-order chi connectivity index (χ1) is 10.8. The molecule has 1 aliphatic heterocycles. The highest BCUT2D eigenvalue weighted by Crippen LogP contribution is 2.22. The van der Waals surface area contributed by atoms with Crippen LogP contribution in [0.5, 0.6) is 0 Å². The normalized spacial score (nSPS) is 20.2. The summed E-state index contributed by atoms with van der Waals surface area (Å²) in [7, 11) is 0. The molecule has 2 atom stereocenters. The Morgan fingerprint density at radius 1 is 1.43 bits per heavy atom. The molecule has 0 unspecified atom stereocenters. The number of hydrogen-bond acceptors (Lipinski definition) is 4. The zero-order valence-corrected chi connectivity index (χ0v) is 14.6. The lowest BCUT2D eigenvalue weighted by molar-refractivity contribution is -0.00461. The van der Waals surface area contributed by atoms with Gasteiger partial charge in [0.2, 0.25) is 0 Å². The molecule has 0 spiro atoms. The first kappa shape index (κ1) is 17.7. The smallest absolute Gasteiger partial charge is 0.410 e. The van der Waals surface area contributed by atoms with Crippen molar-refractivity contribution in [3.05, 3.63) is 30.1 Å². The SMILES string of the molecule is C[C@H](OC[C@H]1CCCN(C(=O)OC(C)(C)C)C1)c1ccccn1. The van der Waals surface area contributed by atoms with E-state index in [1.807, 2.05) is 45.9 Å². The Hall–Kier alpha value is -1.62. The zero-order valence-electron chi connectivity index (χ0n) is 14.6. The van der Waals surface area contributed by atoms with Gasteiger partial charge in [0.05, 0.1) is 18.4 Å². The van der Waals surface area contributed by atoms with E-state index in [1.165, 1.54) is 0 Å². The minimum atomic E-state index is -0.450. The van der Waals surface area contributed by atoms with Crippen molar-refractivity contribution in [3.63, 3.8) is 0 Å². The van der Waals surface area contributed by atoms with Crippen molar-refractivity contribution in [2.75, 3.05) is 19.7 Å². The van der Waals surface area contributed by atoms with E-state index in [9.17, 15) is 4.79 Å². The minimum absolute atomic E-state index is 0.0342. The first-order valence-corrected chi connectivity index (χ1v) is 8.35. The molecule has 0 N–H and O–H groups in total. The molecule has 0 aliphatic carbocycles. The molecule has 5 heteroatoms. The van der Waals surface area contributed by atoms with E-state index in [1.54, 1.807) is 11.1 Å². The van der Waals surface area contributed by atoms with Crippen LogP contribution in [0, 0.1) is 5.92 Å². The van der Waals surface area contributed by atoms with Gasteiger partial charge in [0.25, 0.3) is 0 Å². The van der Waals surface area contributed by atoms with Gasteiger partial charge in [-0.2, -0.15) is 0 Å². The third-order valence-corrected chi connectivity index (χ3v) is 3.86. The standard InChI is InChI=1S/C18H28N2O3/c1-14(16-9-5-6-10-19-16)22-13-15-8-7-11-20(12-15)17(21)23-18(2,3)4/h5-6,9-10,14-15H,7-8,11-13H2,1-4H3/t14-,15-/m0/s1. The van der Waals surface area contributed by atoms with Gasteiger partial charge >= 0.3 is 6.09 Å². The summed E-state index contributed by atoms with van der Waals surface area (Å²) in [5.41, 5.74) is 0.487. The number of carbonyl (C=O) groups is 1. The van der Waals surface area contributed by atoms with Gasteiger partial charge in [-0.05, 0) is 52.7 Å². The highest BCUT2D eigenvalue weighted by Gasteiger charge is 2.28. The maximum Gasteiger partial charge on any atom is 0.410 e. The molecule has 23 heavy (non-hydrogen) atoms. The molecular weight excluding hydrogens is 292 g/mol. The third kappa shape index (κ3) is 5.82. The molecule has 1 aliphatic rings. The quantitative estimate of drug-likeness (QED) is 0.846. The van der Waals surface area contributed by atoms with Crippen LogP contribution in [0.2, 0.25) is 0 Å².